The Bertz CT molecular complexity index is 1330. The number of aromatic amines is 1. The summed E-state index contributed by atoms with van der Waals surface area (Å²) < 4.78 is 12.1. The van der Waals surface area contributed by atoms with E-state index >= 15 is 0 Å². The number of amides is 1. The minimum Gasteiger partial charge on any atom is -0.488 e. The topological polar surface area (TPSA) is 120 Å². The van der Waals surface area contributed by atoms with E-state index in [4.69, 9.17) is 15.2 Å². The van der Waals surface area contributed by atoms with Gasteiger partial charge in [0.25, 0.3) is 11.5 Å². The normalized spacial score (nSPS) is 12.4. The van der Waals surface area contributed by atoms with Crippen LogP contribution in [-0.2, 0) is 16.1 Å². The molecule has 3 aromatic rings. The van der Waals surface area contributed by atoms with Crippen LogP contribution in [-0.4, -0.2) is 42.3 Å². The van der Waals surface area contributed by atoms with E-state index in [1.807, 2.05) is 54.6 Å². The Morgan fingerprint density at radius 1 is 1.15 bits per heavy atom. The monoisotopic (exact) mass is 462 g/mol. The highest BCUT2D eigenvalue weighted by atomic mass is 16.5. The van der Waals surface area contributed by atoms with Crippen molar-refractivity contribution in [3.63, 3.8) is 0 Å². The molecular formula is C25H26N4O5. The molecule has 9 heteroatoms. The van der Waals surface area contributed by atoms with Crippen LogP contribution in [0.15, 0.2) is 69.8 Å². The average Bonchev–Trinajstić information content (AvgIpc) is 2.85. The van der Waals surface area contributed by atoms with Crippen LogP contribution >= 0.6 is 0 Å². The minimum absolute atomic E-state index is 0.0537. The summed E-state index contributed by atoms with van der Waals surface area (Å²) in [5, 5.41) is 0. The molecule has 0 aliphatic carbocycles. The predicted molar refractivity (Wildman–Crippen MR) is 130 cm³/mol. The van der Waals surface area contributed by atoms with Crippen LogP contribution in [0.2, 0.25) is 0 Å². The van der Waals surface area contributed by atoms with Crippen LogP contribution in [0.5, 0.6) is 5.75 Å². The highest BCUT2D eigenvalue weighted by Crippen LogP contribution is 2.28. The predicted octanol–water partition coefficient (Wildman–Crippen LogP) is 2.01. The van der Waals surface area contributed by atoms with E-state index in [0.717, 1.165) is 11.1 Å². The number of carbonyl (C=O) groups excluding carboxylic acids is 1. The molecule has 176 valence electrons. The first kappa shape index (κ1) is 23.1. The van der Waals surface area contributed by atoms with Crippen molar-refractivity contribution in [2.75, 3.05) is 37.5 Å². The summed E-state index contributed by atoms with van der Waals surface area (Å²) in [6, 6.07) is 16.6. The van der Waals surface area contributed by atoms with Gasteiger partial charge in [-0.3, -0.25) is 19.1 Å². The maximum atomic E-state index is 13.6. The number of anilines is 2. The smallest absolute Gasteiger partial charge is 0.330 e. The highest BCUT2D eigenvalue weighted by molar-refractivity contribution is 6.10. The number of hydrogen-bond acceptors (Lipinski definition) is 6. The van der Waals surface area contributed by atoms with Crippen LogP contribution in [0.3, 0.4) is 0 Å². The van der Waals surface area contributed by atoms with Crippen molar-refractivity contribution in [1.82, 2.24) is 9.55 Å². The number of aromatic nitrogens is 2. The van der Waals surface area contributed by atoms with Gasteiger partial charge in [-0.1, -0.05) is 48.5 Å². The van der Waals surface area contributed by atoms with E-state index < -0.39 is 17.2 Å². The zero-order valence-electron chi connectivity index (χ0n) is 18.8. The molecule has 0 atom stereocenters. The number of benzene rings is 2. The van der Waals surface area contributed by atoms with Crippen LogP contribution in [0.1, 0.15) is 17.5 Å². The molecule has 0 radical (unpaired) electrons. The van der Waals surface area contributed by atoms with E-state index in [9.17, 15) is 14.4 Å². The standard InChI is InChI=1S/C25H26N4O5/c1-33-13-7-12-28(24(31)19-14-18-10-5-6-11-20(18)34-16-19)21-22(26)29(25(32)27-23(21)30)15-17-8-3-2-4-9-17/h2-6,8-11,14H,7,12-13,15-16,26H2,1H3,(H,27,30,32). The largest absolute Gasteiger partial charge is 0.488 e. The molecule has 1 aromatic heterocycles. The molecule has 34 heavy (non-hydrogen) atoms. The molecule has 0 saturated heterocycles. The number of rotatable bonds is 8. The number of nitrogen functional groups attached to an aromatic ring is 1. The molecule has 0 bridgehead atoms. The molecule has 0 saturated carbocycles. The molecular weight excluding hydrogens is 436 g/mol. The molecule has 0 fully saturated rings. The first-order valence-electron chi connectivity index (χ1n) is 10.9. The zero-order chi connectivity index (χ0) is 24.1. The van der Waals surface area contributed by atoms with E-state index in [-0.39, 0.29) is 31.2 Å². The van der Waals surface area contributed by atoms with Gasteiger partial charge in [-0.2, -0.15) is 0 Å². The van der Waals surface area contributed by atoms with Crippen molar-refractivity contribution in [2.24, 2.45) is 0 Å². The van der Waals surface area contributed by atoms with E-state index in [0.29, 0.717) is 24.4 Å². The molecule has 1 amide bonds. The Balaban J connectivity index is 1.76. The van der Waals surface area contributed by atoms with Crippen LogP contribution < -0.4 is 26.6 Å². The number of H-pyrrole nitrogens is 1. The summed E-state index contributed by atoms with van der Waals surface area (Å²) in [7, 11) is 1.56. The molecule has 2 heterocycles. The zero-order valence-corrected chi connectivity index (χ0v) is 18.8. The summed E-state index contributed by atoms with van der Waals surface area (Å²) in [6.45, 7) is 0.749. The van der Waals surface area contributed by atoms with Crippen molar-refractivity contribution < 1.29 is 14.3 Å². The summed E-state index contributed by atoms with van der Waals surface area (Å²) in [5.74, 6) is 0.174. The second-order valence-corrected chi connectivity index (χ2v) is 7.86. The lowest BCUT2D eigenvalue weighted by Gasteiger charge is -2.27. The lowest BCUT2D eigenvalue weighted by molar-refractivity contribution is -0.115. The Kier molecular flexibility index (Phi) is 6.93. The van der Waals surface area contributed by atoms with Gasteiger partial charge in [0.2, 0.25) is 0 Å². The maximum absolute atomic E-state index is 13.6. The molecule has 2 aromatic carbocycles. The number of nitrogens with zero attached hydrogens (tertiary/aromatic N) is 2. The molecule has 3 N–H and O–H groups in total. The first-order valence-corrected chi connectivity index (χ1v) is 10.9. The van der Waals surface area contributed by atoms with Crippen LogP contribution in [0, 0.1) is 0 Å². The Labute approximate surface area is 196 Å². The van der Waals surface area contributed by atoms with Crippen molar-refractivity contribution in [2.45, 2.75) is 13.0 Å². The number of carbonyl (C=O) groups is 1. The SMILES string of the molecule is COCCCN(C(=O)C1=Cc2ccccc2OC1)c1c(N)n(Cc2ccccc2)c(=O)[nH]c1=O. The summed E-state index contributed by atoms with van der Waals surface area (Å²) in [4.78, 5) is 42.7. The minimum atomic E-state index is -0.727. The number of para-hydroxylation sites is 1. The van der Waals surface area contributed by atoms with Crippen LogP contribution in [0.4, 0.5) is 11.5 Å². The van der Waals surface area contributed by atoms with E-state index in [1.165, 1.54) is 9.47 Å². The number of ether oxygens (including phenoxy) is 2. The van der Waals surface area contributed by atoms with Crippen molar-refractivity contribution in [1.29, 1.82) is 0 Å². The third-order valence-electron chi connectivity index (χ3n) is 5.55. The highest BCUT2D eigenvalue weighted by Gasteiger charge is 2.28. The number of methoxy groups -OCH3 is 1. The van der Waals surface area contributed by atoms with Gasteiger partial charge in [0.05, 0.1) is 12.1 Å². The van der Waals surface area contributed by atoms with Gasteiger partial charge in [-0.05, 0) is 24.1 Å². The fraction of sp³-hybridized carbons (Fsp3) is 0.240. The van der Waals surface area contributed by atoms with Crippen molar-refractivity contribution >= 4 is 23.5 Å². The molecule has 0 spiro atoms. The van der Waals surface area contributed by atoms with Gasteiger partial charge in [0, 0.05) is 25.8 Å². The number of hydrogen-bond donors (Lipinski definition) is 2. The molecule has 0 unspecified atom stereocenters. The Morgan fingerprint density at radius 2 is 1.88 bits per heavy atom. The van der Waals surface area contributed by atoms with Gasteiger partial charge >= 0.3 is 5.69 Å². The number of nitrogens with one attached hydrogen (secondary N) is 1. The average molecular weight is 463 g/mol. The summed E-state index contributed by atoms with van der Waals surface area (Å²) >= 11 is 0. The van der Waals surface area contributed by atoms with Gasteiger partial charge in [-0.15, -0.1) is 0 Å². The van der Waals surface area contributed by atoms with Gasteiger partial charge in [0.15, 0.2) is 5.69 Å². The third kappa shape index (κ3) is 4.79. The number of fused-ring (bicyclic) bond motifs is 1. The lowest BCUT2D eigenvalue weighted by atomic mass is 10.1. The summed E-state index contributed by atoms with van der Waals surface area (Å²) in [6.07, 6.45) is 2.21. The van der Waals surface area contributed by atoms with Gasteiger partial charge in [0.1, 0.15) is 18.2 Å². The molecule has 1 aliphatic heterocycles. The molecule has 9 nitrogen and oxygen atoms in total. The lowest BCUT2D eigenvalue weighted by Crippen LogP contribution is -2.43. The second kappa shape index (κ2) is 10.2. The Morgan fingerprint density at radius 3 is 2.65 bits per heavy atom. The first-order chi connectivity index (χ1) is 16.5. The van der Waals surface area contributed by atoms with E-state index in [1.54, 1.807) is 13.2 Å². The second-order valence-electron chi connectivity index (χ2n) is 7.86. The van der Waals surface area contributed by atoms with Gasteiger partial charge < -0.3 is 20.1 Å². The Hall–Kier alpha value is -4.11. The molecule has 4 rings (SSSR count). The molecule has 1 aliphatic rings. The fourth-order valence-corrected chi connectivity index (χ4v) is 3.86. The maximum Gasteiger partial charge on any atom is 0.330 e. The number of nitrogens with two attached hydrogens (primary N) is 1. The third-order valence-corrected chi connectivity index (χ3v) is 5.55. The van der Waals surface area contributed by atoms with Crippen LogP contribution in [0.25, 0.3) is 6.08 Å². The quantitative estimate of drug-likeness (QED) is 0.494. The van der Waals surface area contributed by atoms with Gasteiger partial charge in [-0.25, -0.2) is 4.79 Å². The van der Waals surface area contributed by atoms with E-state index in [2.05, 4.69) is 4.98 Å². The van der Waals surface area contributed by atoms with Crippen molar-refractivity contribution in [3.05, 3.63) is 92.1 Å². The summed E-state index contributed by atoms with van der Waals surface area (Å²) in [5.41, 5.74) is 6.87. The van der Waals surface area contributed by atoms with Crippen molar-refractivity contribution in [3.8, 4) is 5.75 Å². The fourth-order valence-electron chi connectivity index (χ4n) is 3.86.